The molecule has 1 aromatic carbocycles. The quantitative estimate of drug-likeness (QED) is 0.394. The first-order valence-corrected chi connectivity index (χ1v) is 13.3. The fraction of sp³-hybridized carbons (Fsp3) is 0.429. The van der Waals surface area contributed by atoms with Gasteiger partial charge >= 0.3 is 6.18 Å². The van der Waals surface area contributed by atoms with E-state index >= 15 is 0 Å². The lowest BCUT2D eigenvalue weighted by Gasteiger charge is -2.38. The SMILES string of the molecule is O=C(C1CCN(c2nccc(C(F)(F)F)n2)CC1)N1CCN(Cc2cc(=O)c(OCc3cccc(F)c3)co2)CC1. The van der Waals surface area contributed by atoms with Crippen molar-refractivity contribution in [2.75, 3.05) is 44.2 Å². The summed E-state index contributed by atoms with van der Waals surface area (Å²) in [6, 6.07) is 8.14. The molecule has 9 nitrogen and oxygen atoms in total. The van der Waals surface area contributed by atoms with Crippen molar-refractivity contribution in [1.29, 1.82) is 0 Å². The lowest BCUT2D eigenvalue weighted by molar-refractivity contribution is -0.141. The Kier molecular flexibility index (Phi) is 8.52. The number of nitrogens with zero attached hydrogens (tertiary/aromatic N) is 5. The van der Waals surface area contributed by atoms with Crippen LogP contribution < -0.4 is 15.1 Å². The molecule has 41 heavy (non-hydrogen) atoms. The molecule has 0 bridgehead atoms. The summed E-state index contributed by atoms with van der Waals surface area (Å²) in [7, 11) is 0. The normalized spacial score (nSPS) is 17.1. The maximum absolute atomic E-state index is 13.3. The molecule has 0 radical (unpaired) electrons. The van der Waals surface area contributed by atoms with Crippen molar-refractivity contribution in [2.45, 2.75) is 32.2 Å². The molecule has 4 heterocycles. The Morgan fingerprint density at radius 3 is 2.49 bits per heavy atom. The highest BCUT2D eigenvalue weighted by Gasteiger charge is 2.35. The van der Waals surface area contributed by atoms with Crippen LogP contribution in [0.1, 0.15) is 29.9 Å². The first kappa shape index (κ1) is 28.5. The number of rotatable bonds is 7. The largest absolute Gasteiger partial charge is 0.482 e. The Bertz CT molecular complexity index is 1420. The van der Waals surface area contributed by atoms with Gasteiger partial charge in [-0.25, -0.2) is 14.4 Å². The van der Waals surface area contributed by atoms with Crippen molar-refractivity contribution in [3.8, 4) is 5.75 Å². The van der Waals surface area contributed by atoms with Crippen molar-refractivity contribution in [1.82, 2.24) is 19.8 Å². The number of alkyl halides is 3. The molecule has 2 fully saturated rings. The van der Waals surface area contributed by atoms with Crippen LogP contribution in [-0.2, 0) is 24.1 Å². The standard InChI is InChI=1S/C28H29F4N5O4/c29-21-3-1-2-19(14-21)17-41-24-18-40-22(15-23(24)38)16-35-10-12-36(13-11-35)26(39)20-5-8-37(9-6-20)27-33-7-4-25(34-27)28(30,31)32/h1-4,7,14-15,18,20H,5-6,8-13,16-17H2. The number of piperazine rings is 1. The Morgan fingerprint density at radius 2 is 1.80 bits per heavy atom. The minimum Gasteiger partial charge on any atom is -0.482 e. The average molecular weight is 576 g/mol. The van der Waals surface area contributed by atoms with Crippen molar-refractivity contribution in [2.24, 2.45) is 5.92 Å². The predicted molar refractivity (Wildman–Crippen MR) is 140 cm³/mol. The molecule has 0 spiro atoms. The van der Waals surface area contributed by atoms with Crippen LogP contribution in [0.2, 0.25) is 0 Å². The first-order chi connectivity index (χ1) is 19.7. The van der Waals surface area contributed by atoms with Gasteiger partial charge in [0.05, 0.1) is 6.54 Å². The summed E-state index contributed by atoms with van der Waals surface area (Å²) in [5.41, 5.74) is -0.725. The van der Waals surface area contributed by atoms with Gasteiger partial charge in [0.25, 0.3) is 0 Å². The summed E-state index contributed by atoms with van der Waals surface area (Å²) in [6.45, 7) is 3.49. The molecule has 218 valence electrons. The second kappa shape index (κ2) is 12.2. The lowest BCUT2D eigenvalue weighted by atomic mass is 9.95. The van der Waals surface area contributed by atoms with Gasteiger partial charge in [0.2, 0.25) is 23.0 Å². The van der Waals surface area contributed by atoms with Crippen molar-refractivity contribution < 1.29 is 31.5 Å². The van der Waals surface area contributed by atoms with E-state index in [1.807, 2.05) is 4.90 Å². The van der Waals surface area contributed by atoms with Crippen LogP contribution in [0.4, 0.5) is 23.5 Å². The summed E-state index contributed by atoms with van der Waals surface area (Å²) < 4.78 is 63.4. The third-order valence-electron chi connectivity index (χ3n) is 7.26. The van der Waals surface area contributed by atoms with Gasteiger partial charge < -0.3 is 19.0 Å². The molecule has 2 aliphatic rings. The second-order valence-corrected chi connectivity index (χ2v) is 10.1. The lowest BCUT2D eigenvalue weighted by Crippen LogP contribution is -2.51. The smallest absolute Gasteiger partial charge is 0.433 e. The predicted octanol–water partition coefficient (Wildman–Crippen LogP) is 3.73. The molecule has 2 aromatic heterocycles. The third-order valence-corrected chi connectivity index (χ3v) is 7.26. The number of piperidine rings is 1. The average Bonchev–Trinajstić information content (AvgIpc) is 2.97. The molecule has 2 aliphatic heterocycles. The van der Waals surface area contributed by atoms with Crippen molar-refractivity contribution in [3.63, 3.8) is 0 Å². The molecular weight excluding hydrogens is 546 g/mol. The summed E-state index contributed by atoms with van der Waals surface area (Å²) in [5.74, 6) is -0.0136. The molecular formula is C28H29F4N5O4. The molecule has 0 unspecified atom stereocenters. The van der Waals surface area contributed by atoms with Gasteiger partial charge in [0.15, 0.2) is 0 Å². The minimum absolute atomic E-state index is 0.0252. The number of halogens is 4. The van der Waals surface area contributed by atoms with Gasteiger partial charge in [-0.1, -0.05) is 12.1 Å². The maximum Gasteiger partial charge on any atom is 0.433 e. The number of hydrogen-bond acceptors (Lipinski definition) is 8. The zero-order chi connectivity index (χ0) is 29.0. The molecule has 13 heteroatoms. The zero-order valence-corrected chi connectivity index (χ0v) is 22.1. The molecule has 0 saturated carbocycles. The molecule has 1 amide bonds. The van der Waals surface area contributed by atoms with Crippen LogP contribution >= 0.6 is 0 Å². The molecule has 2 saturated heterocycles. The van der Waals surface area contributed by atoms with Crippen LogP contribution in [0.3, 0.4) is 0 Å². The number of hydrogen-bond donors (Lipinski definition) is 0. The highest BCUT2D eigenvalue weighted by atomic mass is 19.4. The van der Waals surface area contributed by atoms with Gasteiger partial charge in [-0.15, -0.1) is 0 Å². The van der Waals surface area contributed by atoms with E-state index in [9.17, 15) is 27.2 Å². The van der Waals surface area contributed by atoms with Crippen molar-refractivity contribution >= 4 is 11.9 Å². The van der Waals surface area contributed by atoms with E-state index in [2.05, 4.69) is 14.9 Å². The Hall–Kier alpha value is -4.00. The van der Waals surface area contributed by atoms with Gasteiger partial charge in [0, 0.05) is 57.4 Å². The molecule has 3 aromatic rings. The summed E-state index contributed by atoms with van der Waals surface area (Å²) in [5, 5.41) is 0. The number of anilines is 1. The molecule has 0 atom stereocenters. The molecule has 0 N–H and O–H groups in total. The second-order valence-electron chi connectivity index (χ2n) is 10.1. The fourth-order valence-electron chi connectivity index (χ4n) is 5.00. The van der Waals surface area contributed by atoms with E-state index in [4.69, 9.17) is 9.15 Å². The number of aromatic nitrogens is 2. The van der Waals surface area contributed by atoms with Crippen LogP contribution in [0.25, 0.3) is 0 Å². The molecule has 5 rings (SSSR count). The van der Waals surface area contributed by atoms with E-state index in [1.165, 1.54) is 24.5 Å². The number of benzene rings is 1. The molecule has 0 aliphatic carbocycles. The monoisotopic (exact) mass is 575 g/mol. The highest BCUT2D eigenvalue weighted by molar-refractivity contribution is 5.79. The first-order valence-electron chi connectivity index (χ1n) is 13.3. The summed E-state index contributed by atoms with van der Waals surface area (Å²) >= 11 is 0. The Labute approximate surface area is 233 Å². The number of carbonyl (C=O) groups is 1. The Balaban J connectivity index is 1.07. The van der Waals surface area contributed by atoms with E-state index in [-0.39, 0.29) is 41.4 Å². The highest BCUT2D eigenvalue weighted by Crippen LogP contribution is 2.29. The van der Waals surface area contributed by atoms with Crippen molar-refractivity contribution in [3.05, 3.63) is 81.9 Å². The van der Waals surface area contributed by atoms with Gasteiger partial charge in [-0.05, 0) is 36.6 Å². The van der Waals surface area contributed by atoms with Crippen LogP contribution in [-0.4, -0.2) is 64.9 Å². The topological polar surface area (TPSA) is 92.0 Å². The summed E-state index contributed by atoms with van der Waals surface area (Å²) in [4.78, 5) is 38.8. The minimum atomic E-state index is -4.54. The van der Waals surface area contributed by atoms with E-state index < -0.39 is 11.9 Å². The fourth-order valence-corrected chi connectivity index (χ4v) is 5.00. The van der Waals surface area contributed by atoms with Crippen LogP contribution in [0.5, 0.6) is 5.75 Å². The van der Waals surface area contributed by atoms with E-state index in [0.717, 1.165) is 12.3 Å². The maximum atomic E-state index is 13.3. The number of amides is 1. The van der Waals surface area contributed by atoms with E-state index in [1.54, 1.807) is 17.0 Å². The number of ether oxygens (including phenoxy) is 1. The van der Waals surface area contributed by atoms with Crippen LogP contribution in [0.15, 0.2) is 58.1 Å². The Morgan fingerprint density at radius 1 is 1.05 bits per heavy atom. The van der Waals surface area contributed by atoms with Gasteiger partial charge in [-0.2, -0.15) is 13.2 Å². The van der Waals surface area contributed by atoms with E-state index in [0.29, 0.717) is 70.0 Å². The van der Waals surface area contributed by atoms with Gasteiger partial charge in [0.1, 0.15) is 30.1 Å². The summed E-state index contributed by atoms with van der Waals surface area (Å²) in [6.07, 6.45) is -1.16. The zero-order valence-electron chi connectivity index (χ0n) is 22.1. The number of carbonyl (C=O) groups excluding carboxylic acids is 1. The third kappa shape index (κ3) is 7.20. The van der Waals surface area contributed by atoms with Crippen LogP contribution in [0, 0.1) is 11.7 Å². The van der Waals surface area contributed by atoms with Gasteiger partial charge in [-0.3, -0.25) is 14.5 Å².